The van der Waals surface area contributed by atoms with Gasteiger partial charge in [-0.1, -0.05) is 156 Å². The van der Waals surface area contributed by atoms with Crippen LogP contribution in [0.15, 0.2) is 0 Å². The second-order valence-electron chi connectivity index (χ2n) is 17.6. The summed E-state index contributed by atoms with van der Waals surface area (Å²) in [4.78, 5) is 53.3. The van der Waals surface area contributed by atoms with E-state index in [0.29, 0.717) is 52.0 Å². The Kier molecular flexibility index (Phi) is 41.9. The molecule has 0 aliphatic carbocycles. The van der Waals surface area contributed by atoms with Crippen LogP contribution in [0.1, 0.15) is 233 Å². The van der Waals surface area contributed by atoms with E-state index in [2.05, 4.69) is 33.0 Å². The first kappa shape index (κ1) is 57.8. The number of nitrogens with zero attached hydrogens (tertiary/aromatic N) is 1. The Morgan fingerprint density at radius 1 is 0.517 bits per heavy atom. The molecule has 0 aliphatic heterocycles. The zero-order chi connectivity index (χ0) is 44.3. The summed E-state index contributed by atoms with van der Waals surface area (Å²) in [7, 11) is 1.85. The average Bonchev–Trinajstić information content (AvgIpc) is 3.23. The van der Waals surface area contributed by atoms with Crippen LogP contribution in [0.3, 0.4) is 0 Å². The molecule has 0 rings (SSSR count). The summed E-state index contributed by atoms with van der Waals surface area (Å²) in [5.74, 6) is -0.555. The maximum absolute atomic E-state index is 13.0. The minimum absolute atomic E-state index is 0.00367. The maximum atomic E-state index is 13.0. The number of likely N-dealkylation sites (N-methyl/N-ethyl adjacent to an activating group) is 1. The third-order valence-electron chi connectivity index (χ3n) is 11.7. The van der Waals surface area contributed by atoms with Crippen molar-refractivity contribution in [2.24, 2.45) is 11.8 Å². The van der Waals surface area contributed by atoms with E-state index in [-0.39, 0.29) is 55.2 Å². The van der Waals surface area contributed by atoms with Crippen molar-refractivity contribution in [2.75, 3.05) is 46.5 Å². The smallest absolute Gasteiger partial charge is 0.308 e. The zero-order valence-electron chi connectivity index (χ0n) is 39.9. The van der Waals surface area contributed by atoms with Crippen LogP contribution in [0.2, 0.25) is 0 Å². The number of esters is 3. The second kappa shape index (κ2) is 43.4. The molecule has 10 heteroatoms. The van der Waals surface area contributed by atoms with Crippen molar-refractivity contribution < 1.29 is 38.5 Å². The number of ether oxygens (including phenoxy) is 3. The van der Waals surface area contributed by atoms with Gasteiger partial charge in [-0.3, -0.25) is 19.2 Å². The standard InChI is InChI=1S/C50H96N2O8/c1-6-10-14-18-20-26-34-44(32-24-16-12-8-3)49(56)58-40-30-22-28-36-47(54)51-42-46(43-52(5)38-39-53)60-48(55)37-29-23-31-41-59-50(57)45(33-25-17-13-9-4)35-27-21-19-15-11-7-2/h44-46,53H,6-43H2,1-5H3,(H,51,54). The molecule has 60 heavy (non-hydrogen) atoms. The molecule has 354 valence electrons. The van der Waals surface area contributed by atoms with E-state index in [1.165, 1.54) is 96.3 Å². The number of hydrogen-bond acceptors (Lipinski definition) is 9. The predicted octanol–water partition coefficient (Wildman–Crippen LogP) is 11.8. The van der Waals surface area contributed by atoms with Crippen LogP contribution in [0, 0.1) is 11.8 Å². The van der Waals surface area contributed by atoms with Crippen LogP contribution in [0.4, 0.5) is 0 Å². The molecule has 0 saturated heterocycles. The summed E-state index contributed by atoms with van der Waals surface area (Å²) in [6.45, 7) is 10.6. The van der Waals surface area contributed by atoms with Gasteiger partial charge in [0.2, 0.25) is 5.91 Å². The van der Waals surface area contributed by atoms with Gasteiger partial charge in [0, 0.05) is 25.9 Å². The molecule has 10 nitrogen and oxygen atoms in total. The number of carbonyl (C=O) groups is 4. The van der Waals surface area contributed by atoms with Gasteiger partial charge in [-0.2, -0.15) is 0 Å². The van der Waals surface area contributed by atoms with Crippen molar-refractivity contribution in [3.8, 4) is 0 Å². The van der Waals surface area contributed by atoms with E-state index in [0.717, 1.165) is 77.0 Å². The maximum Gasteiger partial charge on any atom is 0.308 e. The third kappa shape index (κ3) is 36.5. The van der Waals surface area contributed by atoms with Crippen molar-refractivity contribution in [1.82, 2.24) is 10.2 Å². The second-order valence-corrected chi connectivity index (χ2v) is 17.6. The van der Waals surface area contributed by atoms with E-state index >= 15 is 0 Å². The third-order valence-corrected chi connectivity index (χ3v) is 11.7. The molecule has 0 aromatic rings. The normalized spacial score (nSPS) is 12.9. The zero-order valence-corrected chi connectivity index (χ0v) is 39.9. The topological polar surface area (TPSA) is 131 Å². The number of rotatable bonds is 45. The van der Waals surface area contributed by atoms with Crippen molar-refractivity contribution in [3.05, 3.63) is 0 Å². The fourth-order valence-corrected chi connectivity index (χ4v) is 7.75. The molecule has 2 N–H and O–H groups in total. The summed E-state index contributed by atoms with van der Waals surface area (Å²) in [5.41, 5.74) is 0. The van der Waals surface area contributed by atoms with Crippen LogP contribution in [-0.4, -0.2) is 86.4 Å². The van der Waals surface area contributed by atoms with E-state index in [4.69, 9.17) is 14.2 Å². The van der Waals surface area contributed by atoms with E-state index in [9.17, 15) is 24.3 Å². The Hall–Kier alpha value is -2.20. The van der Waals surface area contributed by atoms with Crippen LogP contribution in [0.5, 0.6) is 0 Å². The number of carbonyl (C=O) groups excluding carboxylic acids is 4. The van der Waals surface area contributed by atoms with Gasteiger partial charge in [-0.05, 0) is 71.3 Å². The van der Waals surface area contributed by atoms with Gasteiger partial charge < -0.3 is 29.5 Å². The fourth-order valence-electron chi connectivity index (χ4n) is 7.75. The lowest BCUT2D eigenvalue weighted by atomic mass is 9.94. The molecule has 3 atom stereocenters. The highest BCUT2D eigenvalue weighted by Gasteiger charge is 2.21. The van der Waals surface area contributed by atoms with Crippen LogP contribution in [0.25, 0.3) is 0 Å². The van der Waals surface area contributed by atoms with Gasteiger partial charge in [0.1, 0.15) is 6.10 Å². The van der Waals surface area contributed by atoms with Gasteiger partial charge in [0.25, 0.3) is 0 Å². The molecule has 0 radical (unpaired) electrons. The average molecular weight is 853 g/mol. The molecule has 0 bridgehead atoms. The molecule has 0 fully saturated rings. The van der Waals surface area contributed by atoms with Gasteiger partial charge in [-0.25, -0.2) is 0 Å². The molecule has 0 aromatic heterocycles. The molecule has 0 spiro atoms. The van der Waals surface area contributed by atoms with Gasteiger partial charge in [0.05, 0.1) is 38.2 Å². The van der Waals surface area contributed by atoms with Crippen molar-refractivity contribution in [3.63, 3.8) is 0 Å². The summed E-state index contributed by atoms with van der Waals surface area (Å²) >= 11 is 0. The van der Waals surface area contributed by atoms with E-state index < -0.39 is 6.10 Å². The number of aliphatic hydroxyl groups excluding tert-OH is 1. The van der Waals surface area contributed by atoms with Gasteiger partial charge in [0.15, 0.2) is 0 Å². The summed E-state index contributed by atoms with van der Waals surface area (Å²) in [6, 6.07) is 0. The molecule has 0 aliphatic rings. The van der Waals surface area contributed by atoms with E-state index in [1.54, 1.807) is 0 Å². The highest BCUT2D eigenvalue weighted by molar-refractivity contribution is 5.76. The fraction of sp³-hybridized carbons (Fsp3) is 0.920. The Bertz CT molecular complexity index is 1010. The highest BCUT2D eigenvalue weighted by Crippen LogP contribution is 2.22. The molecular weight excluding hydrogens is 757 g/mol. The first-order valence-corrected chi connectivity index (χ1v) is 25.3. The van der Waals surface area contributed by atoms with Crippen molar-refractivity contribution >= 4 is 23.8 Å². The summed E-state index contributed by atoms with van der Waals surface area (Å²) < 4.78 is 17.2. The Morgan fingerprint density at radius 2 is 0.900 bits per heavy atom. The van der Waals surface area contributed by atoms with Crippen LogP contribution >= 0.6 is 0 Å². The quantitative estimate of drug-likeness (QED) is 0.0349. The lowest BCUT2D eigenvalue weighted by Crippen LogP contribution is -2.42. The molecule has 3 unspecified atom stereocenters. The lowest BCUT2D eigenvalue weighted by molar-refractivity contribution is -0.151. The minimum Gasteiger partial charge on any atom is -0.465 e. The monoisotopic (exact) mass is 853 g/mol. The molecule has 0 heterocycles. The number of amides is 1. The molecule has 1 amide bonds. The van der Waals surface area contributed by atoms with Crippen LogP contribution in [-0.2, 0) is 33.4 Å². The number of aliphatic hydroxyl groups is 1. The summed E-state index contributed by atoms with van der Waals surface area (Å²) in [5, 5.41) is 12.3. The number of unbranched alkanes of at least 4 members (excludes halogenated alkanes) is 20. The van der Waals surface area contributed by atoms with Gasteiger partial charge in [-0.15, -0.1) is 0 Å². The molecule has 0 aromatic carbocycles. The molecule has 0 saturated carbocycles. The first-order valence-electron chi connectivity index (χ1n) is 25.3. The minimum atomic E-state index is -0.537. The highest BCUT2D eigenvalue weighted by atomic mass is 16.5. The Labute approximate surface area is 369 Å². The Morgan fingerprint density at radius 3 is 1.33 bits per heavy atom. The number of nitrogens with one attached hydrogen (secondary N) is 1. The lowest BCUT2D eigenvalue weighted by Gasteiger charge is -2.24. The van der Waals surface area contributed by atoms with Crippen molar-refractivity contribution in [2.45, 2.75) is 239 Å². The van der Waals surface area contributed by atoms with Crippen LogP contribution < -0.4 is 5.32 Å². The predicted molar refractivity (Wildman–Crippen MR) is 247 cm³/mol. The largest absolute Gasteiger partial charge is 0.465 e. The summed E-state index contributed by atoms with van der Waals surface area (Å²) in [6.07, 6.45) is 31.9. The number of hydrogen-bond donors (Lipinski definition) is 2. The van der Waals surface area contributed by atoms with Crippen molar-refractivity contribution in [1.29, 1.82) is 0 Å². The Balaban J connectivity index is 4.57. The first-order chi connectivity index (χ1) is 29.2. The SMILES string of the molecule is CCCCCCCCC(CCCCCC)C(=O)OCCCCCC(=O)NCC(CN(C)CCO)OC(=O)CCCCCOC(=O)C(CCCCCC)CCCCCCCC. The molecular formula is C50H96N2O8. The van der Waals surface area contributed by atoms with E-state index in [1.807, 2.05) is 11.9 Å². The van der Waals surface area contributed by atoms with Gasteiger partial charge >= 0.3 is 17.9 Å².